The summed E-state index contributed by atoms with van der Waals surface area (Å²) in [4.78, 5) is 11.8. The Morgan fingerprint density at radius 3 is 2.47 bits per heavy atom. The van der Waals surface area contributed by atoms with Crippen molar-refractivity contribution in [3.05, 3.63) is 65.6 Å². The molecule has 0 bridgehead atoms. The van der Waals surface area contributed by atoms with Crippen LogP contribution in [0.2, 0.25) is 0 Å². The molecule has 0 unspecified atom stereocenters. The van der Waals surface area contributed by atoms with E-state index in [1.807, 2.05) is 48.5 Å². The predicted octanol–water partition coefficient (Wildman–Crippen LogP) is 3.87. The first-order valence-electron chi connectivity index (χ1n) is 5.90. The van der Waals surface area contributed by atoms with Crippen LogP contribution in [0.4, 0.5) is 0 Å². The van der Waals surface area contributed by atoms with Gasteiger partial charge >= 0.3 is 0 Å². The Balaban J connectivity index is 2.15. The Morgan fingerprint density at radius 1 is 0.947 bits per heavy atom. The summed E-state index contributed by atoms with van der Waals surface area (Å²) in [6, 6.07) is 15.7. The first kappa shape index (κ1) is 11.7. The minimum absolute atomic E-state index is 0.566. The standard InChI is InChI=1S/C15H11N3S/c19-14-9-13(12-7-4-8-16-10-12)17-15(18-14)11-5-2-1-3-6-11/h1-10H,(H,17,18,19). The maximum atomic E-state index is 5.24. The topological polar surface area (TPSA) is 41.6 Å². The third-order valence-corrected chi connectivity index (χ3v) is 2.97. The van der Waals surface area contributed by atoms with Gasteiger partial charge in [-0.1, -0.05) is 42.5 Å². The molecule has 0 spiro atoms. The zero-order chi connectivity index (χ0) is 13.1. The maximum absolute atomic E-state index is 5.24. The molecule has 4 heteroatoms. The molecule has 19 heavy (non-hydrogen) atoms. The summed E-state index contributed by atoms with van der Waals surface area (Å²) in [6.07, 6.45) is 3.55. The van der Waals surface area contributed by atoms with Crippen molar-refractivity contribution in [2.24, 2.45) is 0 Å². The number of hydrogen-bond donors (Lipinski definition) is 1. The van der Waals surface area contributed by atoms with Crippen molar-refractivity contribution in [1.82, 2.24) is 15.0 Å². The van der Waals surface area contributed by atoms with Gasteiger partial charge in [0.25, 0.3) is 0 Å². The first-order chi connectivity index (χ1) is 9.33. The molecule has 92 valence electrons. The fourth-order valence-corrected chi connectivity index (χ4v) is 2.08. The van der Waals surface area contributed by atoms with Gasteiger partial charge in [0.1, 0.15) is 10.5 Å². The van der Waals surface area contributed by atoms with E-state index in [1.165, 1.54) is 0 Å². The molecule has 0 aliphatic carbocycles. The van der Waals surface area contributed by atoms with Crippen molar-refractivity contribution in [1.29, 1.82) is 0 Å². The number of rotatable bonds is 2. The van der Waals surface area contributed by atoms with Crippen LogP contribution in [0.25, 0.3) is 22.6 Å². The highest BCUT2D eigenvalue weighted by atomic mass is 32.1. The largest absolute Gasteiger partial charge is 0.339 e. The number of hydrogen-bond acceptors (Lipinski definition) is 3. The van der Waals surface area contributed by atoms with Crippen LogP contribution in [-0.4, -0.2) is 15.0 Å². The van der Waals surface area contributed by atoms with Crippen LogP contribution in [0, 0.1) is 4.64 Å². The molecular formula is C15H11N3S. The van der Waals surface area contributed by atoms with Crippen LogP contribution in [-0.2, 0) is 0 Å². The summed E-state index contributed by atoms with van der Waals surface area (Å²) in [5.74, 6) is 0.770. The molecule has 2 heterocycles. The van der Waals surface area contributed by atoms with E-state index in [4.69, 9.17) is 12.2 Å². The molecule has 0 saturated carbocycles. The highest BCUT2D eigenvalue weighted by Crippen LogP contribution is 2.20. The number of H-pyrrole nitrogens is 1. The molecule has 0 saturated heterocycles. The monoisotopic (exact) mass is 265 g/mol. The Bertz CT molecular complexity index is 675. The summed E-state index contributed by atoms with van der Waals surface area (Å²) in [7, 11) is 0. The van der Waals surface area contributed by atoms with E-state index < -0.39 is 0 Å². The second kappa shape index (κ2) is 5.12. The number of aromatic amines is 1. The summed E-state index contributed by atoms with van der Waals surface area (Å²) in [5.41, 5.74) is 2.93. The average molecular weight is 265 g/mol. The lowest BCUT2D eigenvalue weighted by Gasteiger charge is -2.05. The molecule has 0 atom stereocenters. The van der Waals surface area contributed by atoms with Gasteiger partial charge < -0.3 is 4.98 Å². The van der Waals surface area contributed by atoms with Gasteiger partial charge in [0.15, 0.2) is 0 Å². The van der Waals surface area contributed by atoms with Gasteiger partial charge in [-0.05, 0) is 18.2 Å². The van der Waals surface area contributed by atoms with E-state index >= 15 is 0 Å². The van der Waals surface area contributed by atoms with E-state index in [9.17, 15) is 0 Å². The fourth-order valence-electron chi connectivity index (χ4n) is 1.87. The van der Waals surface area contributed by atoms with E-state index in [0.29, 0.717) is 4.64 Å². The van der Waals surface area contributed by atoms with Crippen molar-refractivity contribution < 1.29 is 0 Å². The molecule has 1 N–H and O–H groups in total. The molecule has 3 aromatic rings. The highest BCUT2D eigenvalue weighted by Gasteiger charge is 2.03. The molecule has 0 aliphatic rings. The van der Waals surface area contributed by atoms with Crippen molar-refractivity contribution in [2.45, 2.75) is 0 Å². The van der Waals surface area contributed by atoms with Crippen molar-refractivity contribution in [3.63, 3.8) is 0 Å². The third kappa shape index (κ3) is 2.58. The van der Waals surface area contributed by atoms with Crippen LogP contribution in [0.15, 0.2) is 60.9 Å². The summed E-state index contributed by atoms with van der Waals surface area (Å²) < 4.78 is 0.566. The van der Waals surface area contributed by atoms with Gasteiger partial charge in [0.2, 0.25) is 0 Å². The van der Waals surface area contributed by atoms with Crippen molar-refractivity contribution in [2.75, 3.05) is 0 Å². The zero-order valence-electron chi connectivity index (χ0n) is 10.1. The molecule has 0 radical (unpaired) electrons. The average Bonchev–Trinajstić information content (AvgIpc) is 2.48. The van der Waals surface area contributed by atoms with Gasteiger partial charge in [0.05, 0.1) is 5.69 Å². The number of aromatic nitrogens is 3. The molecule has 3 rings (SSSR count). The summed E-state index contributed by atoms with van der Waals surface area (Å²) in [5, 5.41) is 0. The lowest BCUT2D eigenvalue weighted by atomic mass is 10.2. The minimum Gasteiger partial charge on any atom is -0.339 e. The molecule has 0 fully saturated rings. The first-order valence-corrected chi connectivity index (χ1v) is 6.31. The number of nitrogens with zero attached hydrogens (tertiary/aromatic N) is 2. The molecule has 1 aromatic carbocycles. The summed E-state index contributed by atoms with van der Waals surface area (Å²) in [6.45, 7) is 0. The van der Waals surface area contributed by atoms with Crippen LogP contribution in [0.5, 0.6) is 0 Å². The van der Waals surface area contributed by atoms with Gasteiger partial charge in [-0.3, -0.25) is 4.98 Å². The van der Waals surface area contributed by atoms with Gasteiger partial charge in [-0.2, -0.15) is 0 Å². The number of pyridine rings is 1. The van der Waals surface area contributed by atoms with Crippen LogP contribution in [0.3, 0.4) is 0 Å². The Morgan fingerprint density at radius 2 is 1.74 bits per heavy atom. The summed E-state index contributed by atoms with van der Waals surface area (Å²) >= 11 is 5.24. The normalized spacial score (nSPS) is 10.3. The van der Waals surface area contributed by atoms with Gasteiger partial charge in [-0.25, -0.2) is 4.98 Å². The van der Waals surface area contributed by atoms with Crippen molar-refractivity contribution in [3.8, 4) is 22.6 Å². The Labute approximate surface area is 116 Å². The molecule has 3 nitrogen and oxygen atoms in total. The lowest BCUT2D eigenvalue weighted by molar-refractivity contribution is 1.16. The van der Waals surface area contributed by atoms with Crippen molar-refractivity contribution >= 4 is 12.2 Å². The number of nitrogens with one attached hydrogen (secondary N) is 1. The Hall–Kier alpha value is -2.33. The van der Waals surface area contributed by atoms with Crippen LogP contribution in [0.1, 0.15) is 0 Å². The SMILES string of the molecule is S=c1cc(-c2cccnc2)[nH]c(-c2ccccc2)n1. The van der Waals surface area contributed by atoms with Crippen LogP contribution >= 0.6 is 12.2 Å². The van der Waals surface area contributed by atoms with Gasteiger partial charge in [-0.15, -0.1) is 0 Å². The fraction of sp³-hybridized carbons (Fsp3) is 0. The molecule has 2 aromatic heterocycles. The zero-order valence-corrected chi connectivity index (χ0v) is 10.9. The maximum Gasteiger partial charge on any atom is 0.139 e. The quantitative estimate of drug-likeness (QED) is 0.715. The molecular weight excluding hydrogens is 254 g/mol. The third-order valence-electron chi connectivity index (χ3n) is 2.76. The smallest absolute Gasteiger partial charge is 0.139 e. The predicted molar refractivity (Wildman–Crippen MR) is 78.1 cm³/mol. The Kier molecular flexibility index (Phi) is 3.16. The van der Waals surface area contributed by atoms with E-state index in [0.717, 1.165) is 22.6 Å². The van der Waals surface area contributed by atoms with Crippen LogP contribution < -0.4 is 0 Å². The lowest BCUT2D eigenvalue weighted by Crippen LogP contribution is -1.93. The molecule has 0 amide bonds. The highest BCUT2D eigenvalue weighted by molar-refractivity contribution is 7.71. The van der Waals surface area contributed by atoms with E-state index in [-0.39, 0.29) is 0 Å². The van der Waals surface area contributed by atoms with Gasteiger partial charge in [0, 0.05) is 23.5 Å². The number of benzene rings is 1. The van der Waals surface area contributed by atoms with E-state index in [1.54, 1.807) is 12.4 Å². The molecule has 0 aliphatic heterocycles. The second-order valence-corrected chi connectivity index (χ2v) is 4.51. The minimum atomic E-state index is 0.566. The second-order valence-electron chi connectivity index (χ2n) is 4.09. The van der Waals surface area contributed by atoms with E-state index in [2.05, 4.69) is 15.0 Å².